The van der Waals surface area contributed by atoms with Gasteiger partial charge in [0.05, 0.1) is 32.2 Å². The highest BCUT2D eigenvalue weighted by molar-refractivity contribution is 5.73. The zero-order chi connectivity index (χ0) is 27.2. The van der Waals surface area contributed by atoms with Crippen LogP contribution in [0.2, 0.25) is 0 Å². The van der Waals surface area contributed by atoms with E-state index >= 15 is 0 Å². The van der Waals surface area contributed by atoms with Crippen LogP contribution in [0, 0.1) is 31.4 Å². The number of carboxylic acid groups (broad SMARTS) is 2. The summed E-state index contributed by atoms with van der Waals surface area (Å²) in [6.45, 7) is 5.93. The highest BCUT2D eigenvalue weighted by atomic mass is 19.1. The van der Waals surface area contributed by atoms with E-state index in [2.05, 4.69) is 0 Å². The lowest BCUT2D eigenvalue weighted by Crippen LogP contribution is -2.69. The maximum atomic E-state index is 14.1. The summed E-state index contributed by atoms with van der Waals surface area (Å²) >= 11 is 0. The number of rotatable bonds is 13. The number of quaternary nitrogens is 1. The van der Waals surface area contributed by atoms with Gasteiger partial charge in [0.25, 0.3) is 12.5 Å². The van der Waals surface area contributed by atoms with Crippen LogP contribution >= 0.6 is 0 Å². The SMILES string of the molecule is Cc1cccc(C)c1C(COCc1c(F)cccc1F)C[N+](CC(C)C)(C(O)C(=O)O)C(O)C(=O)O. The van der Waals surface area contributed by atoms with Crippen molar-refractivity contribution in [3.63, 3.8) is 0 Å². The van der Waals surface area contributed by atoms with Crippen molar-refractivity contribution in [2.24, 2.45) is 5.92 Å². The molecule has 0 saturated carbocycles. The number of aliphatic hydroxyl groups is 2. The van der Waals surface area contributed by atoms with E-state index in [0.717, 1.165) is 23.3 Å². The molecule has 36 heavy (non-hydrogen) atoms. The summed E-state index contributed by atoms with van der Waals surface area (Å²) in [7, 11) is 0. The number of aliphatic carboxylic acids is 2. The summed E-state index contributed by atoms with van der Waals surface area (Å²) in [6, 6.07) is 8.86. The molecule has 0 aliphatic rings. The van der Waals surface area contributed by atoms with E-state index in [1.807, 2.05) is 32.0 Å². The summed E-state index contributed by atoms with van der Waals surface area (Å²) in [6.07, 6.45) is -4.51. The zero-order valence-electron chi connectivity index (χ0n) is 20.8. The first-order chi connectivity index (χ1) is 16.8. The lowest BCUT2D eigenvalue weighted by molar-refractivity contribution is -0.997. The summed E-state index contributed by atoms with van der Waals surface area (Å²) in [5.41, 5.74) is 2.00. The second-order valence-electron chi connectivity index (χ2n) is 9.50. The van der Waals surface area contributed by atoms with Crippen LogP contribution in [0.5, 0.6) is 0 Å². The number of hydrogen-bond acceptors (Lipinski definition) is 5. The molecule has 2 aromatic carbocycles. The van der Waals surface area contributed by atoms with E-state index < -0.39 is 53.0 Å². The Balaban J connectivity index is 2.56. The molecule has 0 bridgehead atoms. The molecule has 0 fully saturated rings. The van der Waals surface area contributed by atoms with Crippen molar-refractivity contribution in [1.82, 2.24) is 0 Å². The third-order valence-corrected chi connectivity index (χ3v) is 6.26. The fourth-order valence-corrected chi connectivity index (χ4v) is 4.81. The van der Waals surface area contributed by atoms with E-state index in [0.29, 0.717) is 5.56 Å². The molecular weight excluding hydrogens is 476 g/mol. The Kier molecular flexibility index (Phi) is 10.1. The van der Waals surface area contributed by atoms with Gasteiger partial charge in [-0.3, -0.25) is 4.48 Å². The van der Waals surface area contributed by atoms with Crippen LogP contribution < -0.4 is 0 Å². The standard InChI is InChI=1S/C26H33F2NO7/c1-15(2)11-29(23(30)25(32)33,24(31)26(34)35)12-18(22-16(3)7-5-8-17(22)4)13-36-14-19-20(27)9-6-10-21(19)28/h5-10,15,18,23-24,30-31H,11-14H2,1-4H3,(H-,32,33,34,35)/p+1. The Hall–Kier alpha value is -2.92. The molecule has 10 heteroatoms. The van der Waals surface area contributed by atoms with Crippen molar-refractivity contribution < 1.29 is 48.0 Å². The molecule has 0 aliphatic heterocycles. The third kappa shape index (κ3) is 6.64. The number of nitrogens with zero attached hydrogens (tertiary/aromatic N) is 1. The molecule has 2 aromatic rings. The molecule has 0 spiro atoms. The Morgan fingerprint density at radius 2 is 1.36 bits per heavy atom. The molecule has 4 N–H and O–H groups in total. The van der Waals surface area contributed by atoms with Gasteiger partial charge in [0.1, 0.15) is 11.6 Å². The maximum Gasteiger partial charge on any atom is 0.392 e. The fourth-order valence-electron chi connectivity index (χ4n) is 4.81. The number of hydrogen-bond donors (Lipinski definition) is 4. The van der Waals surface area contributed by atoms with Gasteiger partial charge in [0.15, 0.2) is 0 Å². The number of benzene rings is 2. The average molecular weight is 511 g/mol. The van der Waals surface area contributed by atoms with Gasteiger partial charge >= 0.3 is 11.9 Å². The summed E-state index contributed by atoms with van der Waals surface area (Å²) in [4.78, 5) is 23.8. The van der Waals surface area contributed by atoms with Crippen LogP contribution in [0.1, 0.15) is 42.0 Å². The molecule has 0 aromatic heterocycles. The van der Waals surface area contributed by atoms with Crippen LogP contribution in [-0.2, 0) is 20.9 Å². The maximum absolute atomic E-state index is 14.1. The first-order valence-corrected chi connectivity index (χ1v) is 11.6. The third-order valence-electron chi connectivity index (χ3n) is 6.26. The minimum atomic E-state index is -2.26. The van der Waals surface area contributed by atoms with Crippen molar-refractivity contribution in [2.45, 2.75) is 52.7 Å². The van der Waals surface area contributed by atoms with Crippen LogP contribution in [0.15, 0.2) is 36.4 Å². The van der Waals surface area contributed by atoms with Crippen molar-refractivity contribution >= 4 is 11.9 Å². The van der Waals surface area contributed by atoms with Crippen molar-refractivity contribution in [3.05, 3.63) is 70.3 Å². The van der Waals surface area contributed by atoms with Gasteiger partial charge in [-0.25, -0.2) is 18.4 Å². The van der Waals surface area contributed by atoms with Gasteiger partial charge < -0.3 is 25.2 Å². The van der Waals surface area contributed by atoms with E-state index in [1.165, 1.54) is 6.07 Å². The lowest BCUT2D eigenvalue weighted by Gasteiger charge is -2.45. The number of carboxylic acids is 2. The van der Waals surface area contributed by atoms with E-state index in [4.69, 9.17) is 4.74 Å². The lowest BCUT2D eigenvalue weighted by atomic mass is 9.89. The molecule has 0 amide bonds. The number of halogens is 2. The van der Waals surface area contributed by atoms with Gasteiger partial charge in [-0.15, -0.1) is 0 Å². The van der Waals surface area contributed by atoms with Crippen molar-refractivity contribution in [2.75, 3.05) is 19.7 Å². The van der Waals surface area contributed by atoms with E-state index in [9.17, 15) is 38.8 Å². The van der Waals surface area contributed by atoms with E-state index in [-0.39, 0.29) is 31.2 Å². The van der Waals surface area contributed by atoms with Gasteiger partial charge in [-0.2, -0.15) is 0 Å². The monoisotopic (exact) mass is 510 g/mol. The quantitative estimate of drug-likeness (QED) is 0.241. The fraction of sp³-hybridized carbons (Fsp3) is 0.462. The molecule has 3 unspecified atom stereocenters. The molecule has 0 radical (unpaired) electrons. The molecule has 198 valence electrons. The molecular formula is C26H34F2NO7+. The van der Waals surface area contributed by atoms with Gasteiger partial charge in [-0.05, 0) is 42.7 Å². The van der Waals surface area contributed by atoms with Crippen LogP contribution in [0.25, 0.3) is 0 Å². The first kappa shape index (κ1) is 29.3. The van der Waals surface area contributed by atoms with Crippen LogP contribution in [-0.4, -0.2) is 69.0 Å². The van der Waals surface area contributed by atoms with Gasteiger partial charge in [0.2, 0.25) is 0 Å². The average Bonchev–Trinajstić information content (AvgIpc) is 2.78. The topological polar surface area (TPSA) is 124 Å². The molecule has 0 aliphatic carbocycles. The number of aliphatic hydroxyl groups excluding tert-OH is 2. The summed E-state index contributed by atoms with van der Waals surface area (Å²) in [5.74, 6) is -5.99. The first-order valence-electron chi connectivity index (χ1n) is 11.6. The highest BCUT2D eigenvalue weighted by Crippen LogP contribution is 2.32. The number of carbonyl (C=O) groups is 2. The Labute approximate surface area is 209 Å². The number of aryl methyl sites for hydroxylation is 2. The predicted molar refractivity (Wildman–Crippen MR) is 127 cm³/mol. The highest BCUT2D eigenvalue weighted by Gasteiger charge is 2.52. The smallest absolute Gasteiger partial charge is 0.392 e. The minimum absolute atomic E-state index is 0.176. The van der Waals surface area contributed by atoms with Crippen LogP contribution in [0.3, 0.4) is 0 Å². The second-order valence-corrected chi connectivity index (χ2v) is 9.50. The zero-order valence-corrected chi connectivity index (χ0v) is 20.8. The molecule has 0 saturated heterocycles. The van der Waals surface area contributed by atoms with Crippen molar-refractivity contribution in [1.29, 1.82) is 0 Å². The normalized spacial score (nSPS) is 15.8. The summed E-state index contributed by atoms with van der Waals surface area (Å²) in [5, 5.41) is 40.8. The van der Waals surface area contributed by atoms with Crippen molar-refractivity contribution in [3.8, 4) is 0 Å². The Bertz CT molecular complexity index is 1020. The largest absolute Gasteiger partial charge is 0.475 e. The van der Waals surface area contributed by atoms with Gasteiger partial charge in [-0.1, -0.05) is 38.1 Å². The predicted octanol–water partition coefficient (Wildman–Crippen LogP) is 3.16. The van der Waals surface area contributed by atoms with Crippen LogP contribution in [0.4, 0.5) is 8.78 Å². The molecule has 8 nitrogen and oxygen atoms in total. The number of ether oxygens (including phenoxy) is 1. The second kappa shape index (κ2) is 12.4. The van der Waals surface area contributed by atoms with E-state index in [1.54, 1.807) is 13.8 Å². The molecule has 3 atom stereocenters. The van der Waals surface area contributed by atoms with Gasteiger partial charge in [0, 0.05) is 11.5 Å². The molecule has 2 rings (SSSR count). The Morgan fingerprint density at radius 3 is 1.81 bits per heavy atom. The minimum Gasteiger partial charge on any atom is -0.475 e. The molecule has 0 heterocycles. The Morgan fingerprint density at radius 1 is 0.889 bits per heavy atom. The summed E-state index contributed by atoms with van der Waals surface area (Å²) < 4.78 is 32.8.